The number of nitrogens with one attached hydrogen (secondary N) is 3. The average Bonchev–Trinajstić information content (AvgIpc) is 3.85. The highest BCUT2D eigenvalue weighted by molar-refractivity contribution is 6.04. The van der Waals surface area contributed by atoms with Crippen LogP contribution in [0.3, 0.4) is 0 Å². The molecule has 7 N–H and O–H groups in total. The maximum atomic E-state index is 13.7. The number of amides is 4. The summed E-state index contributed by atoms with van der Waals surface area (Å²) >= 11 is 0. The molecule has 1 saturated heterocycles. The van der Waals surface area contributed by atoms with Gasteiger partial charge in [0.1, 0.15) is 23.9 Å². The molecule has 4 amide bonds. The minimum absolute atomic E-state index is 0.0526. The van der Waals surface area contributed by atoms with Crippen LogP contribution in [0, 0.1) is 0 Å². The number of likely N-dealkylation sites (tertiary alicyclic amines) is 1. The predicted molar refractivity (Wildman–Crippen MR) is 254 cm³/mol. The van der Waals surface area contributed by atoms with E-state index in [1.165, 1.54) is 4.90 Å². The fraction of sp³-hybridized carbons (Fsp3) is 0.283. The van der Waals surface area contributed by atoms with Crippen molar-refractivity contribution in [1.29, 1.82) is 0 Å². The van der Waals surface area contributed by atoms with E-state index >= 15 is 0 Å². The Balaban J connectivity index is 1.01. The topological polar surface area (TPSA) is 217 Å². The van der Waals surface area contributed by atoms with Gasteiger partial charge < -0.3 is 41.5 Å². The molecule has 0 unspecified atom stereocenters. The van der Waals surface area contributed by atoms with Gasteiger partial charge in [0.05, 0.1) is 6.04 Å². The first kappa shape index (κ1) is 48.9. The second-order valence-corrected chi connectivity index (χ2v) is 16.4. The van der Waals surface area contributed by atoms with Crippen molar-refractivity contribution >= 4 is 46.7 Å². The fourth-order valence-corrected chi connectivity index (χ4v) is 8.12. The highest BCUT2D eigenvalue weighted by Gasteiger charge is 2.38. The second-order valence-electron chi connectivity index (χ2n) is 16.4. The highest BCUT2D eigenvalue weighted by atomic mass is 16.5. The molecule has 0 spiro atoms. The molecule has 14 heteroatoms. The molecule has 1 heterocycles. The van der Waals surface area contributed by atoms with Gasteiger partial charge in [0.15, 0.2) is 6.61 Å². The smallest absolute Gasteiger partial charge is 0.326 e. The molecule has 0 bridgehead atoms. The van der Waals surface area contributed by atoms with Gasteiger partial charge >= 0.3 is 11.9 Å². The summed E-state index contributed by atoms with van der Waals surface area (Å²) in [5.41, 5.74) is 13.0. The van der Waals surface area contributed by atoms with Crippen LogP contribution in [0.2, 0.25) is 0 Å². The van der Waals surface area contributed by atoms with Crippen LogP contribution < -0.4 is 26.4 Å². The molecule has 4 atom stereocenters. The first-order valence-corrected chi connectivity index (χ1v) is 22.5. The lowest BCUT2D eigenvalue weighted by Gasteiger charge is -2.28. The Kier molecular flexibility index (Phi) is 18.0. The molecular weight excluding hydrogens is 851 g/mol. The number of hydrogen-bond acceptors (Lipinski definition) is 8. The van der Waals surface area contributed by atoms with E-state index in [-0.39, 0.29) is 51.3 Å². The molecule has 5 aromatic rings. The van der Waals surface area contributed by atoms with Gasteiger partial charge in [0, 0.05) is 25.9 Å². The number of ether oxygens (including phenoxy) is 1. The summed E-state index contributed by atoms with van der Waals surface area (Å²) in [6.45, 7) is 0.265. The zero-order valence-corrected chi connectivity index (χ0v) is 37.2. The standard InChI is InChI=1S/C53H57N5O9/c54-42(30-31-47(60)61)52(64)58-33-15-25-45(58)51(63)57-44(34-36-16-5-1-6-17-36)50(62)56-43(53(65)66)24-13-14-32-55-46(59)35-67-41-28-26-40(27-29-41)49(39-22-11-4-12-23-39)48(37-18-7-2-8-19-37)38-20-9-3-10-21-38/h1-12,16-23,26-29,42-45H,13-15,24-25,30-35,54H2,(H,55,59)(H,56,62)(H,57,63)(H,60,61)(H,65,66)/t42-,43+,44+,45+/m0/s1. The van der Waals surface area contributed by atoms with Crippen LogP contribution in [0.4, 0.5) is 0 Å². The third-order valence-corrected chi connectivity index (χ3v) is 11.5. The van der Waals surface area contributed by atoms with E-state index in [2.05, 4.69) is 52.3 Å². The zero-order valence-electron chi connectivity index (χ0n) is 37.2. The summed E-state index contributed by atoms with van der Waals surface area (Å²) < 4.78 is 5.85. The summed E-state index contributed by atoms with van der Waals surface area (Å²) in [7, 11) is 0. The average molecular weight is 908 g/mol. The molecule has 0 aliphatic carbocycles. The molecule has 348 valence electrons. The number of carboxylic acid groups (broad SMARTS) is 2. The molecule has 1 fully saturated rings. The van der Waals surface area contributed by atoms with Gasteiger partial charge in [0.2, 0.25) is 17.7 Å². The quantitative estimate of drug-likeness (QED) is 0.0340. The number of nitrogens with zero attached hydrogens (tertiary/aromatic N) is 1. The molecule has 6 rings (SSSR count). The van der Waals surface area contributed by atoms with E-state index in [9.17, 15) is 33.9 Å². The number of hydrogen-bond donors (Lipinski definition) is 6. The van der Waals surface area contributed by atoms with Crippen LogP contribution in [-0.2, 0) is 35.2 Å². The van der Waals surface area contributed by atoms with Crippen molar-refractivity contribution in [1.82, 2.24) is 20.9 Å². The first-order chi connectivity index (χ1) is 32.5. The zero-order chi connectivity index (χ0) is 47.5. The van der Waals surface area contributed by atoms with Crippen LogP contribution in [-0.4, -0.2) is 94.5 Å². The van der Waals surface area contributed by atoms with Crippen molar-refractivity contribution in [2.45, 2.75) is 75.5 Å². The van der Waals surface area contributed by atoms with E-state index < -0.39 is 53.8 Å². The van der Waals surface area contributed by atoms with Crippen LogP contribution >= 0.6 is 0 Å². The van der Waals surface area contributed by atoms with Gasteiger partial charge in [-0.2, -0.15) is 0 Å². The van der Waals surface area contributed by atoms with E-state index in [4.69, 9.17) is 15.6 Å². The number of carbonyl (C=O) groups excluding carboxylic acids is 4. The number of carbonyl (C=O) groups is 6. The summed E-state index contributed by atoms with van der Waals surface area (Å²) in [5.74, 6) is -4.04. The van der Waals surface area contributed by atoms with Crippen molar-refractivity contribution in [2.75, 3.05) is 19.7 Å². The van der Waals surface area contributed by atoms with Crippen LogP contribution in [0.1, 0.15) is 72.8 Å². The minimum Gasteiger partial charge on any atom is -0.484 e. The lowest BCUT2D eigenvalue weighted by atomic mass is 9.86. The normalized spacial score (nSPS) is 14.5. The molecule has 1 aliphatic heterocycles. The maximum absolute atomic E-state index is 13.7. The number of aliphatic carboxylic acids is 2. The Labute approximate surface area is 390 Å². The van der Waals surface area contributed by atoms with Gasteiger partial charge in [-0.15, -0.1) is 0 Å². The predicted octanol–water partition coefficient (Wildman–Crippen LogP) is 5.84. The van der Waals surface area contributed by atoms with Crippen molar-refractivity contribution in [3.05, 3.63) is 173 Å². The molecule has 67 heavy (non-hydrogen) atoms. The van der Waals surface area contributed by atoms with E-state index in [1.54, 1.807) is 30.3 Å². The van der Waals surface area contributed by atoms with E-state index in [1.807, 2.05) is 78.9 Å². The van der Waals surface area contributed by atoms with Crippen molar-refractivity contribution < 1.29 is 43.7 Å². The fourth-order valence-electron chi connectivity index (χ4n) is 8.12. The Hall–Kier alpha value is -7.58. The number of rotatable bonds is 23. The summed E-state index contributed by atoms with van der Waals surface area (Å²) in [6, 6.07) is 42.7. The molecule has 14 nitrogen and oxygen atoms in total. The first-order valence-electron chi connectivity index (χ1n) is 22.5. The van der Waals surface area contributed by atoms with Gasteiger partial charge in [-0.05, 0) is 89.6 Å². The molecule has 0 radical (unpaired) electrons. The minimum atomic E-state index is -1.28. The van der Waals surface area contributed by atoms with Crippen molar-refractivity contribution in [3.63, 3.8) is 0 Å². The number of nitrogens with two attached hydrogens (primary N) is 1. The lowest BCUT2D eigenvalue weighted by molar-refractivity contribution is -0.143. The van der Waals surface area contributed by atoms with Crippen LogP contribution in [0.5, 0.6) is 5.75 Å². The molecule has 0 aromatic heterocycles. The Morgan fingerprint density at radius 2 is 1.19 bits per heavy atom. The summed E-state index contributed by atoms with van der Waals surface area (Å²) in [5, 5.41) is 27.2. The van der Waals surface area contributed by atoms with E-state index in [0.717, 1.165) is 33.4 Å². The van der Waals surface area contributed by atoms with E-state index in [0.29, 0.717) is 37.0 Å². The SMILES string of the molecule is N[C@@H](CCC(=O)O)C(=O)N1CCC[C@@H]1C(=O)N[C@H](Cc1ccccc1)C(=O)N[C@H](CCCCNC(=O)COc1ccc(C(=C(c2ccccc2)c2ccccc2)c2ccccc2)cc1)C(=O)O. The van der Waals surface area contributed by atoms with Gasteiger partial charge in [0.25, 0.3) is 5.91 Å². The monoisotopic (exact) mass is 907 g/mol. The lowest BCUT2D eigenvalue weighted by Crippen LogP contribution is -2.57. The van der Waals surface area contributed by atoms with Crippen molar-refractivity contribution in [3.8, 4) is 5.75 Å². The third-order valence-electron chi connectivity index (χ3n) is 11.5. The van der Waals surface area contributed by atoms with Gasteiger partial charge in [-0.3, -0.25) is 24.0 Å². The largest absolute Gasteiger partial charge is 0.484 e. The summed E-state index contributed by atoms with van der Waals surface area (Å²) in [6.07, 6.45) is 1.31. The Morgan fingerprint density at radius 3 is 1.73 bits per heavy atom. The molecule has 0 saturated carbocycles. The second kappa shape index (κ2) is 24.6. The van der Waals surface area contributed by atoms with Gasteiger partial charge in [-0.1, -0.05) is 133 Å². The van der Waals surface area contributed by atoms with Crippen LogP contribution in [0.15, 0.2) is 146 Å². The third kappa shape index (κ3) is 14.2. The summed E-state index contributed by atoms with van der Waals surface area (Å²) in [4.78, 5) is 77.9. The molecular formula is C53H57N5O9. The van der Waals surface area contributed by atoms with Gasteiger partial charge in [-0.25, -0.2) is 4.79 Å². The number of carboxylic acids is 2. The van der Waals surface area contributed by atoms with Crippen molar-refractivity contribution in [2.24, 2.45) is 5.73 Å². The Morgan fingerprint density at radius 1 is 0.657 bits per heavy atom. The number of unbranched alkanes of at least 4 members (excludes halogenated alkanes) is 1. The van der Waals surface area contributed by atoms with Crippen LogP contribution in [0.25, 0.3) is 11.1 Å². The maximum Gasteiger partial charge on any atom is 0.326 e. The molecule has 1 aliphatic rings. The number of benzene rings is 5. The molecule has 5 aromatic carbocycles. The highest BCUT2D eigenvalue weighted by Crippen LogP contribution is 2.37. The Bertz CT molecular complexity index is 2430.